The molecule has 6 nitrogen and oxygen atoms in total. The monoisotopic (exact) mass is 247 g/mol. The first-order chi connectivity index (χ1) is 7.84. The van der Waals surface area contributed by atoms with Crippen LogP contribution in [0.3, 0.4) is 0 Å². The van der Waals surface area contributed by atoms with Gasteiger partial charge in [-0.15, -0.1) is 0 Å². The molecule has 0 fully saturated rings. The Kier molecular flexibility index (Phi) is 3.56. The lowest BCUT2D eigenvalue weighted by Gasteiger charge is -2.10. The van der Waals surface area contributed by atoms with Crippen LogP contribution in [-0.4, -0.2) is 22.6 Å². The van der Waals surface area contributed by atoms with Crippen molar-refractivity contribution in [2.45, 2.75) is 13.5 Å². The number of halogens is 2. The largest absolute Gasteiger partial charge is 0.478 e. The molecular weight excluding hydrogens is 240 g/mol. The van der Waals surface area contributed by atoms with Gasteiger partial charge in [0.05, 0.1) is 10.5 Å². The number of carboxylic acid groups (broad SMARTS) is 1. The van der Waals surface area contributed by atoms with Gasteiger partial charge in [-0.1, -0.05) is 0 Å². The molecule has 17 heavy (non-hydrogen) atoms. The summed E-state index contributed by atoms with van der Waals surface area (Å²) in [7, 11) is 0. The Hall–Kier alpha value is -2.25. The molecule has 0 unspecified atom stereocenters. The fourth-order valence-corrected chi connectivity index (χ4v) is 1.29. The lowest BCUT2D eigenvalue weighted by molar-refractivity contribution is -0.385. The third-order valence-corrected chi connectivity index (χ3v) is 2.01. The second-order valence-electron chi connectivity index (χ2n) is 3.03. The van der Waals surface area contributed by atoms with Crippen LogP contribution in [0, 0.1) is 17.0 Å². The van der Waals surface area contributed by atoms with E-state index in [1.54, 1.807) is 0 Å². The van der Waals surface area contributed by atoms with Crippen molar-refractivity contribution in [2.24, 2.45) is 0 Å². The fourth-order valence-electron chi connectivity index (χ4n) is 1.29. The quantitative estimate of drug-likeness (QED) is 0.650. The number of ether oxygens (including phenoxy) is 1. The summed E-state index contributed by atoms with van der Waals surface area (Å²) < 4.78 is 28.2. The van der Waals surface area contributed by atoms with Crippen molar-refractivity contribution in [3.05, 3.63) is 33.4 Å². The first-order valence-electron chi connectivity index (χ1n) is 4.30. The predicted octanol–water partition coefficient (Wildman–Crippen LogP) is 2.20. The molecule has 0 amide bonds. The molecule has 1 N–H and O–H groups in total. The van der Waals surface area contributed by atoms with Crippen molar-refractivity contribution in [2.75, 3.05) is 0 Å². The Morgan fingerprint density at radius 3 is 2.53 bits per heavy atom. The number of hydrogen-bond acceptors (Lipinski definition) is 4. The first-order valence-corrected chi connectivity index (χ1v) is 4.30. The molecular formula is C9H7F2NO5. The average Bonchev–Trinajstić information content (AvgIpc) is 2.19. The van der Waals surface area contributed by atoms with Crippen LogP contribution >= 0.6 is 0 Å². The maximum absolute atomic E-state index is 12.1. The molecule has 92 valence electrons. The van der Waals surface area contributed by atoms with Gasteiger partial charge in [-0.2, -0.15) is 8.78 Å². The molecule has 0 aliphatic carbocycles. The van der Waals surface area contributed by atoms with Gasteiger partial charge >= 0.3 is 12.6 Å². The number of nitrogens with zero attached hydrogens (tertiary/aromatic N) is 1. The van der Waals surface area contributed by atoms with Crippen molar-refractivity contribution in [1.29, 1.82) is 0 Å². The zero-order valence-electron chi connectivity index (χ0n) is 8.52. The van der Waals surface area contributed by atoms with Crippen LogP contribution in [0.15, 0.2) is 12.1 Å². The number of carbonyl (C=O) groups is 1. The summed E-state index contributed by atoms with van der Waals surface area (Å²) in [5.74, 6) is -2.19. The Labute approximate surface area is 93.6 Å². The third kappa shape index (κ3) is 2.65. The van der Waals surface area contributed by atoms with E-state index in [1.807, 2.05) is 0 Å². The molecule has 0 radical (unpaired) electrons. The van der Waals surface area contributed by atoms with Gasteiger partial charge in [0.1, 0.15) is 11.3 Å². The topological polar surface area (TPSA) is 89.7 Å². The summed E-state index contributed by atoms with van der Waals surface area (Å²) in [6.45, 7) is -2.11. The van der Waals surface area contributed by atoms with Crippen molar-refractivity contribution in [3.8, 4) is 5.75 Å². The van der Waals surface area contributed by atoms with Crippen molar-refractivity contribution >= 4 is 11.7 Å². The minimum atomic E-state index is -3.26. The van der Waals surface area contributed by atoms with Crippen LogP contribution in [0.5, 0.6) is 5.75 Å². The van der Waals surface area contributed by atoms with Crippen LogP contribution in [0.2, 0.25) is 0 Å². The smallest absolute Gasteiger partial charge is 0.387 e. The van der Waals surface area contributed by atoms with Crippen molar-refractivity contribution in [1.82, 2.24) is 0 Å². The molecule has 0 bridgehead atoms. The van der Waals surface area contributed by atoms with Gasteiger partial charge in [0.15, 0.2) is 0 Å². The highest BCUT2D eigenvalue weighted by Gasteiger charge is 2.24. The van der Waals surface area contributed by atoms with E-state index < -0.39 is 34.5 Å². The molecule has 0 atom stereocenters. The van der Waals surface area contributed by atoms with Crippen LogP contribution in [-0.2, 0) is 0 Å². The van der Waals surface area contributed by atoms with E-state index >= 15 is 0 Å². The summed E-state index contributed by atoms with van der Waals surface area (Å²) in [6, 6.07) is 1.78. The van der Waals surface area contributed by atoms with E-state index in [0.717, 1.165) is 19.1 Å². The van der Waals surface area contributed by atoms with Gasteiger partial charge in [-0.25, -0.2) is 4.79 Å². The van der Waals surface area contributed by atoms with E-state index in [9.17, 15) is 23.7 Å². The Balaban J connectivity index is 3.41. The van der Waals surface area contributed by atoms with E-state index in [1.165, 1.54) is 0 Å². The Morgan fingerprint density at radius 1 is 1.53 bits per heavy atom. The van der Waals surface area contributed by atoms with Gasteiger partial charge in [0, 0.05) is 6.07 Å². The molecule has 1 aromatic rings. The van der Waals surface area contributed by atoms with Gasteiger partial charge in [0.2, 0.25) is 0 Å². The van der Waals surface area contributed by atoms with Crippen LogP contribution < -0.4 is 4.74 Å². The predicted molar refractivity (Wildman–Crippen MR) is 51.4 cm³/mol. The minimum Gasteiger partial charge on any atom is -0.478 e. The number of hydrogen-bond donors (Lipinski definition) is 1. The SMILES string of the molecule is Cc1c([N+](=O)[O-])ccc(C(=O)O)c1OC(F)F. The number of aromatic carboxylic acids is 1. The zero-order valence-corrected chi connectivity index (χ0v) is 8.52. The number of rotatable bonds is 4. The third-order valence-electron chi connectivity index (χ3n) is 2.01. The summed E-state index contributed by atoms with van der Waals surface area (Å²) in [6.07, 6.45) is 0. The summed E-state index contributed by atoms with van der Waals surface area (Å²) >= 11 is 0. The zero-order chi connectivity index (χ0) is 13.2. The normalized spacial score (nSPS) is 10.4. The standard InChI is InChI=1S/C9H7F2NO5/c1-4-6(12(15)16)3-2-5(8(13)14)7(4)17-9(10)11/h2-3,9H,1H3,(H,13,14). The highest BCUT2D eigenvalue weighted by Crippen LogP contribution is 2.32. The number of carboxylic acids is 1. The molecule has 1 aromatic carbocycles. The van der Waals surface area contributed by atoms with E-state index in [4.69, 9.17) is 5.11 Å². The molecule has 0 aromatic heterocycles. The number of nitro benzene ring substituents is 1. The van der Waals surface area contributed by atoms with Gasteiger partial charge in [0.25, 0.3) is 5.69 Å². The summed E-state index contributed by atoms with van der Waals surface area (Å²) in [4.78, 5) is 20.5. The lowest BCUT2D eigenvalue weighted by atomic mass is 10.1. The summed E-state index contributed by atoms with van der Waals surface area (Å²) in [5, 5.41) is 19.3. The van der Waals surface area contributed by atoms with E-state index in [-0.39, 0.29) is 5.56 Å². The van der Waals surface area contributed by atoms with Crippen LogP contribution in [0.25, 0.3) is 0 Å². The Bertz CT molecular complexity index is 475. The van der Waals surface area contributed by atoms with Gasteiger partial charge in [-0.3, -0.25) is 10.1 Å². The second kappa shape index (κ2) is 4.73. The summed E-state index contributed by atoms with van der Waals surface area (Å²) in [5.41, 5.74) is -1.28. The molecule has 8 heteroatoms. The minimum absolute atomic E-state index is 0.254. The maximum Gasteiger partial charge on any atom is 0.387 e. The molecule has 0 spiro atoms. The first kappa shape index (κ1) is 12.8. The molecule has 0 aliphatic heterocycles. The van der Waals surface area contributed by atoms with Gasteiger partial charge < -0.3 is 9.84 Å². The second-order valence-corrected chi connectivity index (χ2v) is 3.03. The molecule has 0 aliphatic rings. The number of nitro groups is 1. The molecule has 1 rings (SSSR count). The van der Waals surface area contributed by atoms with Crippen LogP contribution in [0.1, 0.15) is 15.9 Å². The highest BCUT2D eigenvalue weighted by atomic mass is 19.3. The molecule has 0 heterocycles. The number of benzene rings is 1. The molecule has 0 saturated carbocycles. The maximum atomic E-state index is 12.1. The average molecular weight is 247 g/mol. The number of alkyl halides is 2. The fraction of sp³-hybridized carbons (Fsp3) is 0.222. The van der Waals surface area contributed by atoms with Crippen molar-refractivity contribution in [3.63, 3.8) is 0 Å². The molecule has 0 saturated heterocycles. The highest BCUT2D eigenvalue weighted by molar-refractivity contribution is 5.92. The lowest BCUT2D eigenvalue weighted by Crippen LogP contribution is -2.10. The van der Waals surface area contributed by atoms with E-state index in [2.05, 4.69) is 4.74 Å². The van der Waals surface area contributed by atoms with Gasteiger partial charge in [-0.05, 0) is 13.0 Å². The van der Waals surface area contributed by atoms with Crippen molar-refractivity contribution < 1.29 is 28.3 Å². The van der Waals surface area contributed by atoms with Crippen LogP contribution in [0.4, 0.5) is 14.5 Å². The van der Waals surface area contributed by atoms with E-state index in [0.29, 0.717) is 0 Å². The Morgan fingerprint density at radius 2 is 2.12 bits per heavy atom.